The van der Waals surface area contributed by atoms with Crippen LogP contribution < -0.4 is 19.7 Å². The molecule has 2 heterocycles. The third-order valence-electron chi connectivity index (χ3n) is 4.62. The van der Waals surface area contributed by atoms with Crippen molar-refractivity contribution in [3.8, 4) is 11.5 Å². The number of hydrogen-bond donors (Lipinski definition) is 2. The lowest BCUT2D eigenvalue weighted by Crippen LogP contribution is -2.50. The van der Waals surface area contributed by atoms with Gasteiger partial charge in [0.1, 0.15) is 11.5 Å². The highest BCUT2D eigenvalue weighted by atomic mass is 16.5. The van der Waals surface area contributed by atoms with Crippen molar-refractivity contribution in [3.05, 3.63) is 29.6 Å². The third kappa shape index (κ3) is 3.54. The van der Waals surface area contributed by atoms with Gasteiger partial charge in [-0.3, -0.25) is 5.10 Å². The lowest BCUT2D eigenvalue weighted by molar-refractivity contribution is 0.208. The first-order chi connectivity index (χ1) is 12.5. The molecule has 1 saturated heterocycles. The van der Waals surface area contributed by atoms with Crippen LogP contribution in [0.1, 0.15) is 11.4 Å². The Hall–Kier alpha value is -2.90. The van der Waals surface area contributed by atoms with Crippen LogP contribution in [0, 0.1) is 13.8 Å². The summed E-state index contributed by atoms with van der Waals surface area (Å²) in [4.78, 5) is 16.7. The molecule has 2 N–H and O–H groups in total. The molecule has 140 valence electrons. The number of hydrogen-bond acceptors (Lipinski definition) is 5. The first-order valence-electron chi connectivity index (χ1n) is 8.58. The van der Waals surface area contributed by atoms with Gasteiger partial charge in [-0.1, -0.05) is 0 Å². The average molecular weight is 359 g/mol. The Labute approximate surface area is 153 Å². The molecule has 1 aliphatic heterocycles. The van der Waals surface area contributed by atoms with Crippen LogP contribution in [0.3, 0.4) is 0 Å². The maximum Gasteiger partial charge on any atom is 0.322 e. The molecular formula is C18H25N5O3. The van der Waals surface area contributed by atoms with Gasteiger partial charge >= 0.3 is 6.03 Å². The highest BCUT2D eigenvalue weighted by Gasteiger charge is 2.24. The summed E-state index contributed by atoms with van der Waals surface area (Å²) in [7, 11) is 3.16. The highest BCUT2D eigenvalue weighted by Crippen LogP contribution is 2.29. The summed E-state index contributed by atoms with van der Waals surface area (Å²) in [6.45, 7) is 6.85. The molecule has 1 aromatic heterocycles. The summed E-state index contributed by atoms with van der Waals surface area (Å²) in [5, 5.41) is 10.2. The number of aromatic nitrogens is 2. The van der Waals surface area contributed by atoms with Crippen LogP contribution in [0.2, 0.25) is 0 Å². The number of aromatic amines is 1. The van der Waals surface area contributed by atoms with Crippen molar-refractivity contribution in [3.63, 3.8) is 0 Å². The molecule has 3 rings (SSSR count). The minimum absolute atomic E-state index is 0.131. The number of nitrogens with one attached hydrogen (secondary N) is 2. The Morgan fingerprint density at radius 2 is 1.88 bits per heavy atom. The van der Waals surface area contributed by atoms with E-state index in [2.05, 4.69) is 20.4 Å². The molecule has 26 heavy (non-hydrogen) atoms. The van der Waals surface area contributed by atoms with Gasteiger partial charge in [-0.2, -0.15) is 5.10 Å². The molecule has 1 aromatic carbocycles. The summed E-state index contributed by atoms with van der Waals surface area (Å²) >= 11 is 0. The Morgan fingerprint density at radius 1 is 1.15 bits per heavy atom. The molecule has 0 atom stereocenters. The smallest absolute Gasteiger partial charge is 0.322 e. The fourth-order valence-corrected chi connectivity index (χ4v) is 3.24. The zero-order valence-corrected chi connectivity index (χ0v) is 15.6. The van der Waals surface area contributed by atoms with Crippen LogP contribution in [0.25, 0.3) is 0 Å². The quantitative estimate of drug-likeness (QED) is 0.876. The largest absolute Gasteiger partial charge is 0.497 e. The van der Waals surface area contributed by atoms with Crippen molar-refractivity contribution in [2.75, 3.05) is 50.6 Å². The van der Waals surface area contributed by atoms with Gasteiger partial charge in [-0.05, 0) is 26.0 Å². The second-order valence-electron chi connectivity index (χ2n) is 6.25. The molecule has 8 heteroatoms. The lowest BCUT2D eigenvalue weighted by Gasteiger charge is -2.36. The summed E-state index contributed by atoms with van der Waals surface area (Å²) in [5.41, 5.74) is 3.82. The predicted octanol–water partition coefficient (Wildman–Crippen LogP) is 2.40. The van der Waals surface area contributed by atoms with Crippen molar-refractivity contribution in [2.24, 2.45) is 0 Å². The van der Waals surface area contributed by atoms with E-state index < -0.39 is 0 Å². The number of carbonyl (C=O) groups is 1. The Morgan fingerprint density at radius 3 is 2.46 bits per heavy atom. The van der Waals surface area contributed by atoms with Gasteiger partial charge < -0.3 is 24.6 Å². The number of ether oxygens (including phenoxy) is 2. The van der Waals surface area contributed by atoms with E-state index in [0.717, 1.165) is 30.2 Å². The molecular weight excluding hydrogens is 334 g/mol. The van der Waals surface area contributed by atoms with Gasteiger partial charge in [0.2, 0.25) is 0 Å². The number of rotatable bonds is 4. The van der Waals surface area contributed by atoms with E-state index in [9.17, 15) is 4.79 Å². The Balaban J connectivity index is 1.62. The number of benzene rings is 1. The predicted molar refractivity (Wildman–Crippen MR) is 100 cm³/mol. The number of urea groups is 1. The summed E-state index contributed by atoms with van der Waals surface area (Å²) in [6, 6.07) is 5.19. The number of methoxy groups -OCH3 is 2. The number of H-pyrrole nitrogens is 1. The molecule has 0 radical (unpaired) electrons. The van der Waals surface area contributed by atoms with Crippen LogP contribution in [-0.4, -0.2) is 61.5 Å². The first kappa shape index (κ1) is 17.9. The fourth-order valence-electron chi connectivity index (χ4n) is 3.24. The van der Waals surface area contributed by atoms with Gasteiger partial charge in [0, 0.05) is 32.2 Å². The SMILES string of the molecule is COc1ccc(NC(=O)N2CCN(c3c(C)n[nH]c3C)CC2)c(OC)c1. The average Bonchev–Trinajstić information content (AvgIpc) is 3.00. The van der Waals surface area contributed by atoms with Crippen LogP contribution in [-0.2, 0) is 0 Å². The van der Waals surface area contributed by atoms with Crippen LogP contribution in [0.15, 0.2) is 18.2 Å². The van der Waals surface area contributed by atoms with E-state index in [-0.39, 0.29) is 6.03 Å². The topological polar surface area (TPSA) is 82.7 Å². The molecule has 0 bridgehead atoms. The van der Waals surface area contributed by atoms with Crippen LogP contribution in [0.5, 0.6) is 11.5 Å². The number of anilines is 2. The lowest BCUT2D eigenvalue weighted by atomic mass is 10.2. The second kappa shape index (κ2) is 7.55. The Kier molecular flexibility index (Phi) is 5.20. The minimum atomic E-state index is -0.131. The van der Waals surface area contributed by atoms with Crippen molar-refractivity contribution in [2.45, 2.75) is 13.8 Å². The molecule has 2 aromatic rings. The summed E-state index contributed by atoms with van der Waals surface area (Å²) in [6.07, 6.45) is 0. The molecule has 1 aliphatic rings. The van der Waals surface area contributed by atoms with Crippen molar-refractivity contribution in [1.29, 1.82) is 0 Å². The Bertz CT molecular complexity index is 762. The minimum Gasteiger partial charge on any atom is -0.497 e. The van der Waals surface area contributed by atoms with E-state index in [1.165, 1.54) is 0 Å². The number of carbonyl (C=O) groups excluding carboxylic acids is 1. The zero-order chi connectivity index (χ0) is 18.7. The molecule has 0 saturated carbocycles. The van der Waals surface area contributed by atoms with Gasteiger partial charge in [0.25, 0.3) is 0 Å². The van der Waals surface area contributed by atoms with Gasteiger partial charge in [-0.25, -0.2) is 4.79 Å². The standard InChI is InChI=1S/C18H25N5O3/c1-12-17(13(2)21-20-12)22-7-9-23(10-8-22)18(24)19-15-6-5-14(25-3)11-16(15)26-4/h5-6,11H,7-10H2,1-4H3,(H,19,24)(H,20,21). The van der Waals surface area contributed by atoms with E-state index in [1.807, 2.05) is 18.7 Å². The summed E-state index contributed by atoms with van der Waals surface area (Å²) < 4.78 is 10.5. The normalized spacial score (nSPS) is 14.3. The zero-order valence-electron chi connectivity index (χ0n) is 15.6. The van der Waals surface area contributed by atoms with E-state index in [4.69, 9.17) is 9.47 Å². The number of aryl methyl sites for hydroxylation is 2. The summed E-state index contributed by atoms with van der Waals surface area (Å²) in [5.74, 6) is 1.25. The van der Waals surface area contributed by atoms with E-state index in [1.54, 1.807) is 32.4 Å². The van der Waals surface area contributed by atoms with Crippen molar-refractivity contribution >= 4 is 17.4 Å². The number of amides is 2. The highest BCUT2D eigenvalue weighted by molar-refractivity contribution is 5.91. The maximum absolute atomic E-state index is 12.6. The van der Waals surface area contributed by atoms with Crippen LogP contribution >= 0.6 is 0 Å². The van der Waals surface area contributed by atoms with Gasteiger partial charge in [0.15, 0.2) is 0 Å². The van der Waals surface area contributed by atoms with Crippen molar-refractivity contribution < 1.29 is 14.3 Å². The van der Waals surface area contributed by atoms with Gasteiger partial charge in [-0.15, -0.1) is 0 Å². The van der Waals surface area contributed by atoms with Crippen molar-refractivity contribution in [1.82, 2.24) is 15.1 Å². The fraction of sp³-hybridized carbons (Fsp3) is 0.444. The molecule has 1 fully saturated rings. The molecule has 0 aliphatic carbocycles. The number of nitrogens with zero attached hydrogens (tertiary/aromatic N) is 3. The first-order valence-corrected chi connectivity index (χ1v) is 8.58. The molecule has 8 nitrogen and oxygen atoms in total. The molecule has 2 amide bonds. The van der Waals surface area contributed by atoms with Crippen LogP contribution in [0.4, 0.5) is 16.2 Å². The second-order valence-corrected chi connectivity index (χ2v) is 6.25. The number of piperazine rings is 1. The van der Waals surface area contributed by atoms with E-state index >= 15 is 0 Å². The molecule has 0 spiro atoms. The van der Waals surface area contributed by atoms with E-state index in [0.29, 0.717) is 30.3 Å². The van der Waals surface area contributed by atoms with Gasteiger partial charge in [0.05, 0.1) is 37.0 Å². The monoisotopic (exact) mass is 359 g/mol. The maximum atomic E-state index is 12.6. The third-order valence-corrected chi connectivity index (χ3v) is 4.62. The molecule has 0 unspecified atom stereocenters.